The molecule has 0 saturated heterocycles. The second-order valence-corrected chi connectivity index (χ2v) is 13.3. The summed E-state index contributed by atoms with van der Waals surface area (Å²) in [5.41, 5.74) is 12.2. The molecule has 0 bridgehead atoms. The van der Waals surface area contributed by atoms with Gasteiger partial charge in [-0.15, -0.1) is 0 Å². The van der Waals surface area contributed by atoms with E-state index in [4.69, 9.17) is 0 Å². The van der Waals surface area contributed by atoms with E-state index in [0.29, 0.717) is 0 Å². The predicted molar refractivity (Wildman–Crippen MR) is 212 cm³/mol. The molecule has 11 rings (SSSR count). The molecule has 10 aromatic rings. The largest absolute Gasteiger partial charge is 0.309 e. The monoisotopic (exact) mass is 634 g/mol. The van der Waals surface area contributed by atoms with Gasteiger partial charge in [0.1, 0.15) is 0 Å². The Morgan fingerprint density at radius 2 is 1.00 bits per heavy atom. The summed E-state index contributed by atoms with van der Waals surface area (Å²) in [5, 5.41) is 10.1. The van der Waals surface area contributed by atoms with Gasteiger partial charge in [0.05, 0.1) is 22.4 Å². The van der Waals surface area contributed by atoms with Gasteiger partial charge in [0.25, 0.3) is 0 Å². The number of benzene rings is 9. The van der Waals surface area contributed by atoms with Crippen molar-refractivity contribution in [2.75, 3.05) is 4.90 Å². The molecule has 1 aliphatic rings. The van der Waals surface area contributed by atoms with E-state index in [-0.39, 0.29) is 0 Å². The fourth-order valence-corrected chi connectivity index (χ4v) is 8.58. The molecule has 0 spiro atoms. The van der Waals surface area contributed by atoms with Crippen molar-refractivity contribution in [3.8, 4) is 27.9 Å². The van der Waals surface area contributed by atoms with Crippen LogP contribution in [0.1, 0.15) is 0 Å². The van der Waals surface area contributed by atoms with Crippen LogP contribution in [0.3, 0.4) is 0 Å². The van der Waals surface area contributed by atoms with Crippen LogP contribution >= 0.6 is 0 Å². The molecule has 50 heavy (non-hydrogen) atoms. The molecule has 0 N–H and O–H groups in total. The van der Waals surface area contributed by atoms with Crippen LogP contribution in [0, 0.1) is 0 Å². The molecule has 0 fully saturated rings. The van der Waals surface area contributed by atoms with E-state index in [1.165, 1.54) is 82.1 Å². The first kappa shape index (κ1) is 27.3. The van der Waals surface area contributed by atoms with Crippen molar-refractivity contribution in [3.63, 3.8) is 0 Å². The highest BCUT2D eigenvalue weighted by Gasteiger charge is 2.29. The van der Waals surface area contributed by atoms with Crippen LogP contribution in [0.25, 0.3) is 82.1 Å². The first-order valence-corrected chi connectivity index (χ1v) is 17.3. The molecule has 2 heteroatoms. The fraction of sp³-hybridized carbons (Fsp3) is 0. The van der Waals surface area contributed by atoms with Crippen molar-refractivity contribution < 1.29 is 0 Å². The standard InChI is InChI=1S/C48H30N2/c1-2-17-34(18-3-1)49-43-24-9-8-21-38(43)39-28-27-35(30-45(39)49)50(42-25-11-15-31-13-4-6-19-36(31)42)44-26-12-23-41-40-22-10-16-33-29-32-14-5-7-20-37(32)48(46(33)40)47(41)44/h1-30H. The molecule has 2 nitrogen and oxygen atoms in total. The number of hydrogen-bond donors (Lipinski definition) is 0. The molecule has 1 heterocycles. The SMILES string of the molecule is c1ccc(-n2c3ccccc3c3ccc(N(c4cccc5c4-c4c6ccccc6cc6cccc-5c46)c4cccc5ccccc45)cc32)cc1. The third kappa shape index (κ3) is 3.79. The number of rotatable bonds is 4. The summed E-state index contributed by atoms with van der Waals surface area (Å²) in [6, 6.07) is 66.8. The van der Waals surface area contributed by atoms with Crippen molar-refractivity contribution in [1.82, 2.24) is 4.57 Å². The molecule has 0 saturated carbocycles. The smallest absolute Gasteiger partial charge is 0.0561 e. The Hall–Kier alpha value is -6.64. The van der Waals surface area contributed by atoms with Gasteiger partial charge in [0, 0.05) is 38.7 Å². The predicted octanol–water partition coefficient (Wildman–Crippen LogP) is 13.4. The maximum absolute atomic E-state index is 2.51. The van der Waals surface area contributed by atoms with Crippen LogP contribution in [0.5, 0.6) is 0 Å². The molecule has 0 unspecified atom stereocenters. The average molecular weight is 635 g/mol. The zero-order valence-electron chi connectivity index (χ0n) is 27.2. The maximum Gasteiger partial charge on any atom is 0.0561 e. The van der Waals surface area contributed by atoms with Crippen LogP contribution in [0.15, 0.2) is 182 Å². The van der Waals surface area contributed by atoms with E-state index < -0.39 is 0 Å². The molecule has 0 aliphatic heterocycles. The number of nitrogens with zero attached hydrogens (tertiary/aromatic N) is 2. The summed E-state index contributed by atoms with van der Waals surface area (Å²) in [5.74, 6) is 0. The van der Waals surface area contributed by atoms with E-state index in [1.54, 1.807) is 0 Å². The van der Waals surface area contributed by atoms with Crippen molar-refractivity contribution >= 4 is 71.2 Å². The average Bonchev–Trinajstić information content (AvgIpc) is 3.70. The Labute approximate surface area is 289 Å². The molecule has 232 valence electrons. The Kier molecular flexibility index (Phi) is 5.70. The summed E-state index contributed by atoms with van der Waals surface area (Å²) in [6.45, 7) is 0. The van der Waals surface area contributed by atoms with Gasteiger partial charge in [-0.3, -0.25) is 0 Å². The molecule has 0 amide bonds. The van der Waals surface area contributed by atoms with Crippen LogP contribution in [-0.2, 0) is 0 Å². The molecule has 1 aliphatic carbocycles. The van der Waals surface area contributed by atoms with Crippen molar-refractivity contribution in [3.05, 3.63) is 182 Å². The second-order valence-electron chi connectivity index (χ2n) is 13.3. The Bertz CT molecular complexity index is 2980. The van der Waals surface area contributed by atoms with Gasteiger partial charge in [0.2, 0.25) is 0 Å². The van der Waals surface area contributed by atoms with E-state index in [2.05, 4.69) is 191 Å². The van der Waals surface area contributed by atoms with Crippen molar-refractivity contribution in [1.29, 1.82) is 0 Å². The molecule has 0 atom stereocenters. The first-order chi connectivity index (χ1) is 24.8. The summed E-state index contributed by atoms with van der Waals surface area (Å²) in [6.07, 6.45) is 0. The number of hydrogen-bond acceptors (Lipinski definition) is 1. The highest BCUT2D eigenvalue weighted by atomic mass is 15.1. The molecular weight excluding hydrogens is 605 g/mol. The van der Waals surface area contributed by atoms with E-state index in [9.17, 15) is 0 Å². The van der Waals surface area contributed by atoms with Gasteiger partial charge in [-0.05, 0) is 86.6 Å². The highest BCUT2D eigenvalue weighted by Crippen LogP contribution is 2.56. The van der Waals surface area contributed by atoms with Gasteiger partial charge in [-0.1, -0.05) is 133 Å². The van der Waals surface area contributed by atoms with Crippen LogP contribution < -0.4 is 4.90 Å². The lowest BCUT2D eigenvalue weighted by molar-refractivity contribution is 1.18. The Morgan fingerprint density at radius 3 is 1.90 bits per heavy atom. The topological polar surface area (TPSA) is 8.17 Å². The lowest BCUT2D eigenvalue weighted by Crippen LogP contribution is -2.12. The van der Waals surface area contributed by atoms with Crippen LogP contribution in [0.4, 0.5) is 17.1 Å². The number of fused-ring (bicyclic) bond motifs is 9. The van der Waals surface area contributed by atoms with E-state index in [0.717, 1.165) is 17.1 Å². The van der Waals surface area contributed by atoms with Crippen LogP contribution in [0.2, 0.25) is 0 Å². The Balaban J connectivity index is 1.27. The van der Waals surface area contributed by atoms with Crippen LogP contribution in [-0.4, -0.2) is 4.57 Å². The van der Waals surface area contributed by atoms with Gasteiger partial charge in [0.15, 0.2) is 0 Å². The zero-order valence-corrected chi connectivity index (χ0v) is 27.2. The molecule has 0 radical (unpaired) electrons. The minimum absolute atomic E-state index is 1.12. The fourth-order valence-electron chi connectivity index (χ4n) is 8.58. The van der Waals surface area contributed by atoms with Gasteiger partial charge in [-0.2, -0.15) is 0 Å². The molecule has 9 aromatic carbocycles. The summed E-state index contributed by atoms with van der Waals surface area (Å²) >= 11 is 0. The van der Waals surface area contributed by atoms with Crippen molar-refractivity contribution in [2.45, 2.75) is 0 Å². The van der Waals surface area contributed by atoms with E-state index >= 15 is 0 Å². The van der Waals surface area contributed by atoms with Gasteiger partial charge >= 0.3 is 0 Å². The number of para-hydroxylation sites is 2. The minimum Gasteiger partial charge on any atom is -0.309 e. The summed E-state index contributed by atoms with van der Waals surface area (Å²) < 4.78 is 2.41. The summed E-state index contributed by atoms with van der Waals surface area (Å²) in [4.78, 5) is 2.51. The summed E-state index contributed by atoms with van der Waals surface area (Å²) in [7, 11) is 0. The third-order valence-corrected chi connectivity index (χ3v) is 10.6. The molecule has 1 aromatic heterocycles. The first-order valence-electron chi connectivity index (χ1n) is 17.3. The minimum atomic E-state index is 1.12. The highest BCUT2D eigenvalue weighted by molar-refractivity contribution is 6.26. The molecular formula is C48H30N2. The zero-order chi connectivity index (χ0) is 32.8. The quantitative estimate of drug-likeness (QED) is 0.175. The Morgan fingerprint density at radius 1 is 0.360 bits per heavy atom. The van der Waals surface area contributed by atoms with Gasteiger partial charge in [-0.25, -0.2) is 0 Å². The van der Waals surface area contributed by atoms with Gasteiger partial charge < -0.3 is 9.47 Å². The lowest BCUT2D eigenvalue weighted by atomic mass is 9.94. The van der Waals surface area contributed by atoms with E-state index in [1.807, 2.05) is 0 Å². The maximum atomic E-state index is 2.51. The number of aromatic nitrogens is 1. The number of anilines is 3. The normalized spacial score (nSPS) is 12.0. The lowest BCUT2D eigenvalue weighted by Gasteiger charge is -2.29. The van der Waals surface area contributed by atoms with Crippen molar-refractivity contribution in [2.24, 2.45) is 0 Å². The second kappa shape index (κ2) is 10.4. The third-order valence-electron chi connectivity index (χ3n) is 10.6.